The summed E-state index contributed by atoms with van der Waals surface area (Å²) >= 11 is 5.87. The number of hydrogen-bond acceptors (Lipinski definition) is 3. The number of piperazine rings is 1. The summed E-state index contributed by atoms with van der Waals surface area (Å²) in [7, 11) is 0. The standard InChI is InChI=1S/C12H16ClF2N3.2ClH/c13-8-1-2-10(16)9(7-8)11(12(14)15)18-5-3-17-4-6-18;;/h1-2,7,11-12,17H,3-6,16H2;2*1H/t11-;;/m1../s1. The molecule has 0 saturated carbocycles. The summed E-state index contributed by atoms with van der Waals surface area (Å²) in [6, 6.07) is 3.75. The molecule has 1 aromatic carbocycles. The molecule has 1 aliphatic rings. The molecule has 1 fully saturated rings. The van der Waals surface area contributed by atoms with Crippen LogP contribution in [0.4, 0.5) is 14.5 Å². The first kappa shape index (κ1) is 19.7. The number of benzene rings is 1. The molecule has 1 atom stereocenters. The van der Waals surface area contributed by atoms with E-state index < -0.39 is 12.5 Å². The minimum atomic E-state index is -2.48. The molecule has 2 rings (SSSR count). The average molecular weight is 349 g/mol. The summed E-state index contributed by atoms with van der Waals surface area (Å²) in [4.78, 5) is 1.75. The zero-order chi connectivity index (χ0) is 13.1. The minimum Gasteiger partial charge on any atom is -0.398 e. The maximum Gasteiger partial charge on any atom is 0.258 e. The van der Waals surface area contributed by atoms with E-state index in [0.717, 1.165) is 0 Å². The third-order valence-corrected chi connectivity index (χ3v) is 3.39. The molecule has 1 aliphatic heterocycles. The molecular weight excluding hydrogens is 331 g/mol. The molecule has 0 radical (unpaired) electrons. The van der Waals surface area contributed by atoms with Crippen LogP contribution in [-0.4, -0.2) is 37.5 Å². The summed E-state index contributed by atoms with van der Waals surface area (Å²) in [5.74, 6) is 0. The Kier molecular flexibility index (Phi) is 8.70. The minimum absolute atomic E-state index is 0. The molecule has 3 nitrogen and oxygen atoms in total. The molecule has 3 N–H and O–H groups in total. The summed E-state index contributed by atoms with van der Waals surface area (Å²) in [5, 5.41) is 3.57. The summed E-state index contributed by atoms with van der Waals surface area (Å²) in [6.45, 7) is 2.59. The third-order valence-electron chi connectivity index (χ3n) is 3.15. The van der Waals surface area contributed by atoms with Crippen molar-refractivity contribution >= 4 is 42.1 Å². The Bertz CT molecular complexity index is 415. The second-order valence-corrected chi connectivity index (χ2v) is 4.77. The van der Waals surface area contributed by atoms with Crippen molar-refractivity contribution in [1.82, 2.24) is 10.2 Å². The van der Waals surface area contributed by atoms with Gasteiger partial charge in [0.15, 0.2) is 0 Å². The highest BCUT2D eigenvalue weighted by molar-refractivity contribution is 6.30. The Hall–Kier alpha value is -0.330. The van der Waals surface area contributed by atoms with Gasteiger partial charge in [0.25, 0.3) is 6.43 Å². The normalized spacial score (nSPS) is 17.2. The van der Waals surface area contributed by atoms with E-state index >= 15 is 0 Å². The van der Waals surface area contributed by atoms with Crippen LogP contribution in [0.3, 0.4) is 0 Å². The fourth-order valence-electron chi connectivity index (χ4n) is 2.25. The molecule has 8 heteroatoms. The topological polar surface area (TPSA) is 41.3 Å². The van der Waals surface area contributed by atoms with Gasteiger partial charge in [-0.05, 0) is 23.8 Å². The van der Waals surface area contributed by atoms with Gasteiger partial charge < -0.3 is 11.1 Å². The molecule has 0 spiro atoms. The van der Waals surface area contributed by atoms with E-state index in [4.69, 9.17) is 17.3 Å². The van der Waals surface area contributed by atoms with Crippen LogP contribution in [0.2, 0.25) is 5.02 Å². The van der Waals surface area contributed by atoms with Crippen LogP contribution < -0.4 is 11.1 Å². The number of rotatable bonds is 3. The maximum atomic E-state index is 13.3. The number of alkyl halides is 2. The van der Waals surface area contributed by atoms with Crippen molar-refractivity contribution in [3.63, 3.8) is 0 Å². The van der Waals surface area contributed by atoms with Crippen molar-refractivity contribution in [3.8, 4) is 0 Å². The van der Waals surface area contributed by atoms with Gasteiger partial charge in [0.05, 0.1) is 6.04 Å². The summed E-state index contributed by atoms with van der Waals surface area (Å²) in [6.07, 6.45) is -2.48. The van der Waals surface area contributed by atoms with Gasteiger partial charge in [-0.3, -0.25) is 4.90 Å². The van der Waals surface area contributed by atoms with E-state index in [2.05, 4.69) is 5.32 Å². The zero-order valence-corrected chi connectivity index (χ0v) is 13.1. The van der Waals surface area contributed by atoms with Crippen molar-refractivity contribution in [2.75, 3.05) is 31.9 Å². The first-order chi connectivity index (χ1) is 8.59. The number of nitrogens with one attached hydrogen (secondary N) is 1. The van der Waals surface area contributed by atoms with Crippen molar-refractivity contribution in [3.05, 3.63) is 28.8 Å². The lowest BCUT2D eigenvalue weighted by molar-refractivity contribution is 0.0185. The van der Waals surface area contributed by atoms with Crippen molar-refractivity contribution in [2.24, 2.45) is 0 Å². The van der Waals surface area contributed by atoms with Crippen LogP contribution in [-0.2, 0) is 0 Å². The Morgan fingerprint density at radius 1 is 1.20 bits per heavy atom. The Balaban J connectivity index is 0.00000180. The molecule has 0 unspecified atom stereocenters. The van der Waals surface area contributed by atoms with Gasteiger partial charge in [-0.25, -0.2) is 8.78 Å². The van der Waals surface area contributed by atoms with Gasteiger partial charge in [-0.1, -0.05) is 11.6 Å². The van der Waals surface area contributed by atoms with Gasteiger partial charge in [-0.15, -0.1) is 24.8 Å². The van der Waals surface area contributed by atoms with Crippen molar-refractivity contribution in [2.45, 2.75) is 12.5 Å². The van der Waals surface area contributed by atoms with Crippen LogP contribution in [0.1, 0.15) is 11.6 Å². The highest BCUT2D eigenvalue weighted by Gasteiger charge is 2.31. The number of nitrogen functional groups attached to an aromatic ring is 1. The highest BCUT2D eigenvalue weighted by Crippen LogP contribution is 2.33. The van der Waals surface area contributed by atoms with Gasteiger partial charge in [-0.2, -0.15) is 0 Å². The van der Waals surface area contributed by atoms with E-state index in [0.29, 0.717) is 42.5 Å². The van der Waals surface area contributed by atoms with Gasteiger partial charge in [0.2, 0.25) is 0 Å². The Morgan fingerprint density at radius 3 is 2.35 bits per heavy atom. The number of hydrogen-bond donors (Lipinski definition) is 2. The molecule has 0 bridgehead atoms. The van der Waals surface area contributed by atoms with Crippen LogP contribution in [0.25, 0.3) is 0 Å². The Labute approximate surface area is 134 Å². The smallest absolute Gasteiger partial charge is 0.258 e. The third kappa shape index (κ3) is 4.60. The van der Waals surface area contributed by atoms with Gasteiger partial charge in [0.1, 0.15) is 0 Å². The van der Waals surface area contributed by atoms with Crippen LogP contribution in [0.5, 0.6) is 0 Å². The van der Waals surface area contributed by atoms with Gasteiger partial charge in [0, 0.05) is 36.9 Å². The second kappa shape index (κ2) is 8.85. The fraction of sp³-hybridized carbons (Fsp3) is 0.500. The lowest BCUT2D eigenvalue weighted by Gasteiger charge is -2.35. The van der Waals surface area contributed by atoms with Crippen molar-refractivity contribution < 1.29 is 8.78 Å². The maximum absolute atomic E-state index is 13.3. The van der Waals surface area contributed by atoms with Crippen LogP contribution >= 0.6 is 36.4 Å². The molecule has 20 heavy (non-hydrogen) atoms. The van der Waals surface area contributed by atoms with Crippen LogP contribution in [0, 0.1) is 0 Å². The van der Waals surface area contributed by atoms with E-state index in [-0.39, 0.29) is 24.8 Å². The number of nitrogens with two attached hydrogens (primary N) is 1. The second-order valence-electron chi connectivity index (χ2n) is 4.34. The first-order valence-electron chi connectivity index (χ1n) is 5.87. The molecule has 116 valence electrons. The number of nitrogens with zero attached hydrogens (tertiary/aromatic N) is 1. The average Bonchev–Trinajstić information content (AvgIpc) is 2.35. The molecule has 0 amide bonds. The van der Waals surface area contributed by atoms with E-state index in [1.165, 1.54) is 6.07 Å². The molecule has 1 heterocycles. The number of anilines is 1. The first-order valence-corrected chi connectivity index (χ1v) is 6.25. The SMILES string of the molecule is Cl.Cl.Nc1ccc(Cl)cc1[C@H](C(F)F)N1CCNCC1. The number of halogens is 5. The fourth-order valence-corrected chi connectivity index (χ4v) is 2.43. The van der Waals surface area contributed by atoms with E-state index in [1.807, 2.05) is 0 Å². The van der Waals surface area contributed by atoms with E-state index in [1.54, 1.807) is 17.0 Å². The quantitative estimate of drug-likeness (QED) is 0.825. The predicted molar refractivity (Wildman–Crippen MR) is 83.5 cm³/mol. The highest BCUT2D eigenvalue weighted by atomic mass is 35.5. The molecule has 0 aromatic heterocycles. The summed E-state index contributed by atoms with van der Waals surface area (Å²) in [5.41, 5.74) is 6.58. The van der Waals surface area contributed by atoms with Gasteiger partial charge >= 0.3 is 0 Å². The van der Waals surface area contributed by atoms with Crippen molar-refractivity contribution in [1.29, 1.82) is 0 Å². The van der Waals surface area contributed by atoms with Crippen LogP contribution in [0.15, 0.2) is 18.2 Å². The zero-order valence-electron chi connectivity index (χ0n) is 10.7. The Morgan fingerprint density at radius 2 is 1.80 bits per heavy atom. The molecule has 1 saturated heterocycles. The molecular formula is C12H18Cl3F2N3. The van der Waals surface area contributed by atoms with E-state index in [9.17, 15) is 8.78 Å². The molecule has 0 aliphatic carbocycles. The molecule has 1 aromatic rings. The predicted octanol–water partition coefficient (Wildman–Crippen LogP) is 2.98. The largest absolute Gasteiger partial charge is 0.398 e. The summed E-state index contributed by atoms with van der Waals surface area (Å²) < 4.78 is 26.6. The lowest BCUT2D eigenvalue weighted by Crippen LogP contribution is -2.47. The monoisotopic (exact) mass is 347 g/mol. The lowest BCUT2D eigenvalue weighted by atomic mass is 10.0.